The largest absolute Gasteiger partial charge is 0.462 e. The number of thiazole rings is 1. The molecule has 4 rings (SSSR count). The van der Waals surface area contributed by atoms with Gasteiger partial charge in [-0.05, 0) is 57.0 Å². The third kappa shape index (κ3) is 4.98. The molecule has 0 radical (unpaired) electrons. The van der Waals surface area contributed by atoms with Crippen molar-refractivity contribution in [3.63, 3.8) is 0 Å². The number of nitrogens with zero attached hydrogens (tertiary/aromatic N) is 2. The Balaban J connectivity index is 1.55. The predicted octanol–water partition coefficient (Wildman–Crippen LogP) is 5.90. The number of rotatable bonds is 7. The molecule has 0 aliphatic heterocycles. The van der Waals surface area contributed by atoms with Crippen molar-refractivity contribution in [3.05, 3.63) is 70.9 Å². The van der Waals surface area contributed by atoms with Crippen molar-refractivity contribution in [2.75, 3.05) is 11.9 Å². The number of anilines is 1. The van der Waals surface area contributed by atoms with Gasteiger partial charge in [-0.2, -0.15) is 0 Å². The molecule has 1 N–H and O–H groups in total. The molecular weight excluding hydrogens is 434 g/mol. The van der Waals surface area contributed by atoms with E-state index >= 15 is 0 Å². The average molecular weight is 462 g/mol. The Morgan fingerprint density at radius 1 is 1.03 bits per heavy atom. The van der Waals surface area contributed by atoms with Gasteiger partial charge in [0.25, 0.3) is 0 Å². The maximum Gasteiger partial charge on any atom is 0.339 e. The van der Waals surface area contributed by atoms with Gasteiger partial charge in [0.2, 0.25) is 5.91 Å². The van der Waals surface area contributed by atoms with Crippen molar-refractivity contribution in [2.45, 2.75) is 40.7 Å². The number of carbonyl (C=O) groups excluding carboxylic acids is 2. The van der Waals surface area contributed by atoms with Crippen LogP contribution in [0.2, 0.25) is 0 Å². The zero-order valence-electron chi connectivity index (χ0n) is 19.3. The summed E-state index contributed by atoms with van der Waals surface area (Å²) in [4.78, 5) is 29.7. The van der Waals surface area contributed by atoms with Crippen molar-refractivity contribution in [1.82, 2.24) is 9.55 Å². The zero-order chi connectivity index (χ0) is 23.5. The number of carbonyl (C=O) groups is 2. The Morgan fingerprint density at radius 3 is 2.48 bits per heavy atom. The Hall–Kier alpha value is -3.45. The molecule has 0 saturated heterocycles. The number of fused-ring (bicyclic) bond motifs is 1. The third-order valence-corrected chi connectivity index (χ3v) is 6.50. The molecule has 7 heteroatoms. The van der Waals surface area contributed by atoms with Crippen LogP contribution in [-0.4, -0.2) is 28.0 Å². The van der Waals surface area contributed by atoms with Gasteiger partial charge >= 0.3 is 5.97 Å². The lowest BCUT2D eigenvalue weighted by Gasteiger charge is -2.12. The van der Waals surface area contributed by atoms with E-state index in [4.69, 9.17) is 4.74 Å². The minimum Gasteiger partial charge on any atom is -0.462 e. The molecule has 170 valence electrons. The maximum absolute atomic E-state index is 12.7. The number of aromatic nitrogens is 2. The van der Waals surface area contributed by atoms with Crippen molar-refractivity contribution in [3.8, 4) is 11.3 Å². The number of hydrogen-bond donors (Lipinski definition) is 1. The lowest BCUT2D eigenvalue weighted by Crippen LogP contribution is -2.15. The second-order valence-corrected chi connectivity index (χ2v) is 9.09. The van der Waals surface area contributed by atoms with Gasteiger partial charge in [-0.15, -0.1) is 0 Å². The molecule has 2 heterocycles. The Morgan fingerprint density at radius 2 is 1.76 bits per heavy atom. The fourth-order valence-electron chi connectivity index (χ4n) is 3.79. The molecule has 6 nitrogen and oxygen atoms in total. The van der Waals surface area contributed by atoms with Crippen LogP contribution in [0.15, 0.2) is 48.5 Å². The van der Waals surface area contributed by atoms with Gasteiger partial charge in [0.15, 0.2) is 5.13 Å². The molecular formula is C26H27N3O3S. The quantitative estimate of drug-likeness (QED) is 0.348. The number of aryl methyl sites for hydroxylation is 2. The molecule has 0 unspecified atom stereocenters. The summed E-state index contributed by atoms with van der Waals surface area (Å²) < 4.78 is 8.30. The van der Waals surface area contributed by atoms with E-state index in [0.29, 0.717) is 23.8 Å². The summed E-state index contributed by atoms with van der Waals surface area (Å²) in [5, 5.41) is 3.51. The smallest absolute Gasteiger partial charge is 0.339 e. The summed E-state index contributed by atoms with van der Waals surface area (Å²) >= 11 is 1.47. The number of amides is 1. The first-order valence-corrected chi connectivity index (χ1v) is 11.8. The summed E-state index contributed by atoms with van der Waals surface area (Å²) in [7, 11) is 0. The molecule has 0 saturated carbocycles. The van der Waals surface area contributed by atoms with Crippen LogP contribution in [0.3, 0.4) is 0 Å². The first kappa shape index (κ1) is 22.7. The highest BCUT2D eigenvalue weighted by Crippen LogP contribution is 2.29. The number of nitrogens with one attached hydrogen (secondary N) is 1. The number of benzene rings is 2. The van der Waals surface area contributed by atoms with E-state index in [9.17, 15) is 9.59 Å². The molecule has 0 fully saturated rings. The van der Waals surface area contributed by atoms with E-state index in [0.717, 1.165) is 38.3 Å². The van der Waals surface area contributed by atoms with E-state index in [1.54, 1.807) is 6.92 Å². The van der Waals surface area contributed by atoms with Gasteiger partial charge in [-0.1, -0.05) is 47.2 Å². The summed E-state index contributed by atoms with van der Waals surface area (Å²) in [6.07, 6.45) is 0.256. The van der Waals surface area contributed by atoms with Gasteiger partial charge in [0.05, 0.1) is 22.4 Å². The Bertz CT molecular complexity index is 1320. The van der Waals surface area contributed by atoms with Crippen LogP contribution in [0.5, 0.6) is 0 Å². The zero-order valence-corrected chi connectivity index (χ0v) is 20.1. The van der Waals surface area contributed by atoms with E-state index in [-0.39, 0.29) is 18.3 Å². The molecule has 0 spiro atoms. The van der Waals surface area contributed by atoms with Crippen LogP contribution >= 0.6 is 11.3 Å². The Kier molecular flexibility index (Phi) is 6.60. The van der Waals surface area contributed by atoms with Crippen molar-refractivity contribution in [2.24, 2.45) is 0 Å². The van der Waals surface area contributed by atoms with Crippen LogP contribution in [-0.2, 0) is 16.1 Å². The number of ether oxygens (including phenoxy) is 1. The average Bonchev–Trinajstić information content (AvgIpc) is 3.32. The van der Waals surface area contributed by atoms with Gasteiger partial charge in [-0.25, -0.2) is 9.78 Å². The maximum atomic E-state index is 12.7. The normalized spacial score (nSPS) is 11.0. The predicted molar refractivity (Wildman–Crippen MR) is 133 cm³/mol. The molecule has 33 heavy (non-hydrogen) atoms. The SMILES string of the molecule is CCOC(=O)c1cc(-c2ccc(C)cc2)n(CCC(=O)Nc2nc3ccc(C)cc3s2)c1C. The summed E-state index contributed by atoms with van der Waals surface area (Å²) in [5.41, 5.74) is 6.38. The lowest BCUT2D eigenvalue weighted by atomic mass is 10.1. The highest BCUT2D eigenvalue weighted by atomic mass is 32.1. The number of esters is 1. The molecule has 0 aliphatic rings. The molecule has 0 atom stereocenters. The Labute approximate surface area is 197 Å². The lowest BCUT2D eigenvalue weighted by molar-refractivity contribution is -0.116. The molecule has 0 aliphatic carbocycles. The second kappa shape index (κ2) is 9.58. The van der Waals surface area contributed by atoms with Crippen molar-refractivity contribution < 1.29 is 14.3 Å². The van der Waals surface area contributed by atoms with Crippen molar-refractivity contribution >= 4 is 38.6 Å². The van der Waals surface area contributed by atoms with Crippen LogP contribution < -0.4 is 5.32 Å². The van der Waals surface area contributed by atoms with Crippen LogP contribution in [0.1, 0.15) is 40.5 Å². The van der Waals surface area contributed by atoms with Crippen LogP contribution in [0.25, 0.3) is 21.5 Å². The summed E-state index contributed by atoms with van der Waals surface area (Å²) in [6.45, 7) is 8.49. The molecule has 2 aromatic heterocycles. The second-order valence-electron chi connectivity index (χ2n) is 8.06. The van der Waals surface area contributed by atoms with E-state index in [1.807, 2.05) is 67.8 Å². The highest BCUT2D eigenvalue weighted by Gasteiger charge is 2.20. The molecule has 0 bridgehead atoms. The monoisotopic (exact) mass is 461 g/mol. The standard InChI is InChI=1S/C26H27N3O3S/c1-5-32-25(31)20-15-22(19-9-6-16(2)7-10-19)29(18(20)4)13-12-24(30)28-26-27-21-11-8-17(3)14-23(21)33-26/h6-11,14-15H,5,12-13H2,1-4H3,(H,27,28,30). The van der Waals surface area contributed by atoms with Gasteiger partial charge < -0.3 is 14.6 Å². The minimum absolute atomic E-state index is 0.119. The number of hydrogen-bond acceptors (Lipinski definition) is 5. The highest BCUT2D eigenvalue weighted by molar-refractivity contribution is 7.22. The van der Waals surface area contributed by atoms with Crippen LogP contribution in [0.4, 0.5) is 5.13 Å². The van der Waals surface area contributed by atoms with E-state index < -0.39 is 0 Å². The van der Waals surface area contributed by atoms with E-state index in [1.165, 1.54) is 11.3 Å². The topological polar surface area (TPSA) is 73.2 Å². The molecule has 2 aromatic carbocycles. The fraction of sp³-hybridized carbons (Fsp3) is 0.269. The van der Waals surface area contributed by atoms with Gasteiger partial charge in [0, 0.05) is 24.4 Å². The molecule has 1 amide bonds. The summed E-state index contributed by atoms with van der Waals surface area (Å²) in [6, 6.07) is 16.0. The third-order valence-electron chi connectivity index (χ3n) is 5.56. The minimum atomic E-state index is -0.351. The summed E-state index contributed by atoms with van der Waals surface area (Å²) in [5.74, 6) is -0.470. The van der Waals surface area contributed by atoms with Gasteiger partial charge in [0.1, 0.15) is 0 Å². The fourth-order valence-corrected chi connectivity index (χ4v) is 4.77. The van der Waals surface area contributed by atoms with E-state index in [2.05, 4.69) is 16.4 Å². The van der Waals surface area contributed by atoms with Gasteiger partial charge in [-0.3, -0.25) is 4.79 Å². The van der Waals surface area contributed by atoms with Crippen LogP contribution in [0, 0.1) is 20.8 Å². The van der Waals surface area contributed by atoms with Crippen molar-refractivity contribution in [1.29, 1.82) is 0 Å². The molecule has 4 aromatic rings. The first-order chi connectivity index (χ1) is 15.9. The first-order valence-electron chi connectivity index (χ1n) is 11.0.